The van der Waals surface area contributed by atoms with Crippen LogP contribution in [0.3, 0.4) is 0 Å². The van der Waals surface area contributed by atoms with E-state index in [0.29, 0.717) is 18.6 Å². The first-order chi connectivity index (χ1) is 12.7. The molecule has 1 N–H and O–H groups in total. The molecule has 3 aliphatic rings. The van der Waals surface area contributed by atoms with Gasteiger partial charge in [0.05, 0.1) is 6.54 Å². The summed E-state index contributed by atoms with van der Waals surface area (Å²) in [4.78, 5) is 19.6. The lowest BCUT2D eigenvalue weighted by Crippen LogP contribution is -2.56. The van der Waals surface area contributed by atoms with Gasteiger partial charge in [0.2, 0.25) is 5.91 Å². The van der Waals surface area contributed by atoms with Gasteiger partial charge in [0.15, 0.2) is 0 Å². The van der Waals surface area contributed by atoms with Crippen LogP contribution in [-0.2, 0) is 4.79 Å². The number of rotatable bonds is 5. The molecule has 1 aromatic carbocycles. The summed E-state index contributed by atoms with van der Waals surface area (Å²) in [7, 11) is 0. The molecule has 4 rings (SSSR count). The number of aryl methyl sites for hydroxylation is 1. The molecule has 1 saturated carbocycles. The average molecular weight is 357 g/mol. The molecule has 1 atom stereocenters. The largest absolute Gasteiger partial charge is 0.369 e. The van der Waals surface area contributed by atoms with Gasteiger partial charge in [-0.3, -0.25) is 14.6 Å². The Labute approximate surface area is 157 Å². The van der Waals surface area contributed by atoms with Gasteiger partial charge in [0.25, 0.3) is 0 Å². The number of nitrogens with zero attached hydrogens (tertiary/aromatic N) is 3. The number of hydrogen-bond acceptors (Lipinski definition) is 4. The molecule has 2 aliphatic heterocycles. The predicted molar refractivity (Wildman–Crippen MR) is 106 cm³/mol. The highest BCUT2D eigenvalue weighted by atomic mass is 16.2. The van der Waals surface area contributed by atoms with Crippen molar-refractivity contribution >= 4 is 11.6 Å². The highest BCUT2D eigenvalue weighted by molar-refractivity contribution is 5.78. The van der Waals surface area contributed by atoms with Crippen LogP contribution >= 0.6 is 0 Å². The number of carbonyl (C=O) groups is 1. The second-order valence-corrected chi connectivity index (χ2v) is 8.18. The van der Waals surface area contributed by atoms with Crippen LogP contribution in [0.2, 0.25) is 0 Å². The number of nitrogens with one attached hydrogen (secondary N) is 1. The smallest absolute Gasteiger partial charge is 0.234 e. The van der Waals surface area contributed by atoms with Crippen LogP contribution in [0.1, 0.15) is 31.2 Å². The van der Waals surface area contributed by atoms with Crippen molar-refractivity contribution in [1.29, 1.82) is 0 Å². The highest BCUT2D eigenvalue weighted by Gasteiger charge is 2.30. The lowest BCUT2D eigenvalue weighted by atomic mass is 10.0. The van der Waals surface area contributed by atoms with E-state index >= 15 is 0 Å². The van der Waals surface area contributed by atoms with Crippen LogP contribution in [0.15, 0.2) is 24.3 Å². The molecule has 0 bridgehead atoms. The van der Waals surface area contributed by atoms with Crippen LogP contribution in [0.25, 0.3) is 0 Å². The Morgan fingerprint density at radius 3 is 2.58 bits per heavy atom. The third-order valence-corrected chi connectivity index (χ3v) is 6.08. The second-order valence-electron chi connectivity index (χ2n) is 8.18. The molecule has 0 radical (unpaired) electrons. The van der Waals surface area contributed by atoms with E-state index < -0.39 is 0 Å². The van der Waals surface area contributed by atoms with Crippen molar-refractivity contribution in [2.24, 2.45) is 0 Å². The second kappa shape index (κ2) is 7.97. The fraction of sp³-hybridized carbons (Fsp3) is 0.667. The number of likely N-dealkylation sites (tertiary alicyclic amines) is 1. The Balaban J connectivity index is 1.27. The van der Waals surface area contributed by atoms with Gasteiger partial charge in [-0.15, -0.1) is 0 Å². The summed E-state index contributed by atoms with van der Waals surface area (Å²) in [6.45, 7) is 9.35. The van der Waals surface area contributed by atoms with E-state index in [1.165, 1.54) is 36.9 Å². The van der Waals surface area contributed by atoms with Gasteiger partial charge in [-0.1, -0.05) is 18.2 Å². The quantitative estimate of drug-likeness (QED) is 0.874. The van der Waals surface area contributed by atoms with Crippen molar-refractivity contribution in [1.82, 2.24) is 15.1 Å². The van der Waals surface area contributed by atoms with Gasteiger partial charge >= 0.3 is 0 Å². The molecule has 0 aromatic heterocycles. The minimum atomic E-state index is 0.220. The Bertz CT molecular complexity index is 622. The van der Waals surface area contributed by atoms with E-state index in [9.17, 15) is 4.79 Å². The number of hydrogen-bond donors (Lipinski definition) is 1. The van der Waals surface area contributed by atoms with E-state index in [1.807, 2.05) is 0 Å². The zero-order chi connectivity index (χ0) is 17.9. The van der Waals surface area contributed by atoms with Gasteiger partial charge < -0.3 is 10.2 Å². The average Bonchev–Trinajstić information content (AvgIpc) is 3.46. The molecule has 1 aromatic rings. The Morgan fingerprint density at radius 1 is 1.08 bits per heavy atom. The number of piperazine rings is 1. The molecule has 26 heavy (non-hydrogen) atoms. The molecule has 142 valence electrons. The molecule has 0 spiro atoms. The monoisotopic (exact) mass is 356 g/mol. The fourth-order valence-electron chi connectivity index (χ4n) is 4.42. The first kappa shape index (κ1) is 17.8. The molecule has 0 unspecified atom stereocenters. The maximum absolute atomic E-state index is 12.1. The van der Waals surface area contributed by atoms with E-state index in [-0.39, 0.29) is 5.91 Å². The number of benzene rings is 1. The highest BCUT2D eigenvalue weighted by Crippen LogP contribution is 2.23. The van der Waals surface area contributed by atoms with E-state index in [0.717, 1.165) is 39.3 Å². The molecular formula is C21H32N4O. The van der Waals surface area contributed by atoms with Crippen LogP contribution in [0.4, 0.5) is 5.69 Å². The summed E-state index contributed by atoms with van der Waals surface area (Å²) in [6.07, 6.45) is 4.81. The summed E-state index contributed by atoms with van der Waals surface area (Å²) < 4.78 is 0. The first-order valence-electron chi connectivity index (χ1n) is 10.3. The van der Waals surface area contributed by atoms with E-state index in [1.54, 1.807) is 0 Å². The zero-order valence-corrected chi connectivity index (χ0v) is 16.0. The van der Waals surface area contributed by atoms with Gasteiger partial charge in [0.1, 0.15) is 0 Å². The van der Waals surface area contributed by atoms with Crippen molar-refractivity contribution in [3.63, 3.8) is 0 Å². The number of para-hydroxylation sites is 1. The van der Waals surface area contributed by atoms with Crippen molar-refractivity contribution in [2.75, 3.05) is 50.7 Å². The molecule has 5 nitrogen and oxygen atoms in total. The summed E-state index contributed by atoms with van der Waals surface area (Å²) in [5.41, 5.74) is 2.75. The Hall–Kier alpha value is -1.59. The minimum Gasteiger partial charge on any atom is -0.369 e. The lowest BCUT2D eigenvalue weighted by molar-refractivity contribution is -0.122. The van der Waals surface area contributed by atoms with E-state index in [4.69, 9.17) is 0 Å². The maximum atomic E-state index is 12.1. The standard InChI is InChI=1S/C21H32N4O/c1-17-5-2-3-7-20(17)25-13-11-24(12-14-25)19-6-4-10-23(15-19)16-21(26)22-18-8-9-18/h2-3,5,7,18-19H,4,6,8-16H2,1H3,(H,22,26)/t19-/m0/s1. The van der Waals surface area contributed by atoms with Crippen molar-refractivity contribution in [3.8, 4) is 0 Å². The summed E-state index contributed by atoms with van der Waals surface area (Å²) in [6, 6.07) is 9.78. The SMILES string of the molecule is Cc1ccccc1N1CCN([C@H]2CCCN(CC(=O)NC3CC3)C2)CC1. The normalized spacial score (nSPS) is 25.3. The van der Waals surface area contributed by atoms with Crippen molar-refractivity contribution in [2.45, 2.75) is 44.7 Å². The van der Waals surface area contributed by atoms with Crippen LogP contribution in [0.5, 0.6) is 0 Å². The third-order valence-electron chi connectivity index (χ3n) is 6.08. The molecule has 5 heteroatoms. The van der Waals surface area contributed by atoms with Gasteiger partial charge in [-0.25, -0.2) is 0 Å². The Morgan fingerprint density at radius 2 is 1.85 bits per heavy atom. The molecule has 3 fully saturated rings. The zero-order valence-electron chi connectivity index (χ0n) is 16.0. The van der Waals surface area contributed by atoms with Gasteiger partial charge in [-0.2, -0.15) is 0 Å². The van der Waals surface area contributed by atoms with Crippen LogP contribution in [-0.4, -0.2) is 73.6 Å². The number of piperidine rings is 1. The fourth-order valence-corrected chi connectivity index (χ4v) is 4.42. The topological polar surface area (TPSA) is 38.8 Å². The molecule has 1 aliphatic carbocycles. The molecule has 2 saturated heterocycles. The third kappa shape index (κ3) is 4.38. The molecule has 1 amide bonds. The van der Waals surface area contributed by atoms with Gasteiger partial charge in [0, 0.05) is 50.5 Å². The number of carbonyl (C=O) groups excluding carboxylic acids is 1. The number of anilines is 1. The Kier molecular flexibility index (Phi) is 5.46. The van der Waals surface area contributed by atoms with Gasteiger partial charge in [-0.05, 0) is 50.8 Å². The van der Waals surface area contributed by atoms with E-state index in [2.05, 4.69) is 51.2 Å². The number of amides is 1. The molecular weight excluding hydrogens is 324 g/mol. The summed E-state index contributed by atoms with van der Waals surface area (Å²) >= 11 is 0. The van der Waals surface area contributed by atoms with Crippen LogP contribution in [0, 0.1) is 6.92 Å². The van der Waals surface area contributed by atoms with Crippen LogP contribution < -0.4 is 10.2 Å². The first-order valence-corrected chi connectivity index (χ1v) is 10.3. The van der Waals surface area contributed by atoms with Crippen molar-refractivity contribution < 1.29 is 4.79 Å². The predicted octanol–water partition coefficient (Wildman–Crippen LogP) is 1.86. The lowest BCUT2D eigenvalue weighted by Gasteiger charge is -2.44. The van der Waals surface area contributed by atoms with Crippen molar-refractivity contribution in [3.05, 3.63) is 29.8 Å². The summed E-state index contributed by atoms with van der Waals surface area (Å²) in [5.74, 6) is 0.220. The molecule has 2 heterocycles. The maximum Gasteiger partial charge on any atom is 0.234 e. The summed E-state index contributed by atoms with van der Waals surface area (Å²) in [5, 5.41) is 3.12. The minimum absolute atomic E-state index is 0.220.